The van der Waals surface area contributed by atoms with Gasteiger partial charge in [-0.15, -0.1) is 0 Å². The lowest BCUT2D eigenvalue weighted by Gasteiger charge is -2.41. The maximum Gasteiger partial charge on any atom is 0.281 e. The van der Waals surface area contributed by atoms with Crippen LogP contribution in [0.5, 0.6) is 0 Å². The van der Waals surface area contributed by atoms with Crippen molar-refractivity contribution < 1.29 is 4.79 Å². The van der Waals surface area contributed by atoms with Gasteiger partial charge in [0.2, 0.25) is 0 Å². The molecule has 0 radical (unpaired) electrons. The second kappa shape index (κ2) is 7.60. The van der Waals surface area contributed by atoms with E-state index in [1.165, 1.54) is 11.3 Å². The molecule has 1 N–H and O–H groups in total. The third kappa shape index (κ3) is 3.27. The fourth-order valence-corrected chi connectivity index (χ4v) is 4.62. The van der Waals surface area contributed by atoms with Crippen LogP contribution in [0.1, 0.15) is 18.4 Å². The summed E-state index contributed by atoms with van der Waals surface area (Å²) in [6.45, 7) is 5.38. The second-order valence-electron chi connectivity index (χ2n) is 7.47. The minimum absolute atomic E-state index is 0.0238. The Morgan fingerprint density at radius 1 is 1.00 bits per heavy atom. The van der Waals surface area contributed by atoms with Crippen molar-refractivity contribution in [2.24, 2.45) is 0 Å². The predicted molar refractivity (Wildman–Crippen MR) is 106 cm³/mol. The van der Waals surface area contributed by atoms with Crippen LogP contribution in [0.25, 0.3) is 0 Å². The number of carbonyl (C=O) groups is 1. The van der Waals surface area contributed by atoms with E-state index in [2.05, 4.69) is 70.9 Å². The summed E-state index contributed by atoms with van der Waals surface area (Å²) >= 11 is 0. The van der Waals surface area contributed by atoms with Gasteiger partial charge in [0, 0.05) is 44.6 Å². The first-order valence-electron chi connectivity index (χ1n) is 9.75. The van der Waals surface area contributed by atoms with Crippen molar-refractivity contribution in [2.75, 3.05) is 32.7 Å². The van der Waals surface area contributed by atoms with Crippen molar-refractivity contribution in [1.29, 1.82) is 0 Å². The number of nitrogens with one attached hydrogen (secondary N) is 1. The number of para-hydroxylation sites is 1. The summed E-state index contributed by atoms with van der Waals surface area (Å²) < 4.78 is 0.758. The molecule has 2 atom stereocenters. The lowest BCUT2D eigenvalue weighted by Crippen LogP contribution is -2.60. The van der Waals surface area contributed by atoms with E-state index in [4.69, 9.17) is 0 Å². The van der Waals surface area contributed by atoms with Gasteiger partial charge in [-0.25, -0.2) is 0 Å². The van der Waals surface area contributed by atoms with Crippen molar-refractivity contribution >= 4 is 11.6 Å². The topological polar surface area (TPSA) is 32.3 Å². The van der Waals surface area contributed by atoms with Crippen LogP contribution >= 0.6 is 0 Å². The van der Waals surface area contributed by atoms with Gasteiger partial charge in [-0.3, -0.25) is 9.28 Å². The first-order chi connectivity index (χ1) is 12.8. The standard InChI is InChI=1S/C22H28N3O/c26-22(24-15-13-23-14-16-24)21-12-7-17-25(21,20-10-5-2-6-11-20)18-19-8-3-1-4-9-19/h1-6,8-11,21,23H,7,12-18H2/q+1. The molecule has 0 aromatic heterocycles. The fraction of sp³-hybridized carbons (Fsp3) is 0.409. The van der Waals surface area contributed by atoms with E-state index in [1.807, 2.05) is 0 Å². The molecule has 4 rings (SSSR count). The third-order valence-corrected chi connectivity index (χ3v) is 5.92. The molecule has 26 heavy (non-hydrogen) atoms. The van der Waals surface area contributed by atoms with Crippen LogP contribution in [0.2, 0.25) is 0 Å². The van der Waals surface area contributed by atoms with Gasteiger partial charge < -0.3 is 10.2 Å². The number of hydrogen-bond acceptors (Lipinski definition) is 2. The highest BCUT2D eigenvalue weighted by atomic mass is 16.2. The Labute approximate surface area is 156 Å². The zero-order chi connectivity index (χ0) is 17.8. The van der Waals surface area contributed by atoms with E-state index in [1.54, 1.807) is 0 Å². The van der Waals surface area contributed by atoms with Crippen LogP contribution in [0.15, 0.2) is 60.7 Å². The molecule has 1 amide bonds. The van der Waals surface area contributed by atoms with Crippen molar-refractivity contribution in [3.63, 3.8) is 0 Å². The van der Waals surface area contributed by atoms with E-state index in [-0.39, 0.29) is 6.04 Å². The van der Waals surface area contributed by atoms with Crippen LogP contribution in [0.3, 0.4) is 0 Å². The summed E-state index contributed by atoms with van der Waals surface area (Å²) in [6.07, 6.45) is 2.08. The molecule has 136 valence electrons. The van der Waals surface area contributed by atoms with Crippen LogP contribution in [-0.4, -0.2) is 49.6 Å². The molecule has 0 aliphatic carbocycles. The molecule has 0 saturated carbocycles. The normalized spacial score (nSPS) is 26.0. The number of piperazine rings is 1. The molecule has 0 bridgehead atoms. The number of amides is 1. The number of likely N-dealkylation sites (tertiary alicyclic amines) is 1. The van der Waals surface area contributed by atoms with E-state index in [0.717, 1.165) is 56.6 Å². The van der Waals surface area contributed by atoms with Crippen LogP contribution < -0.4 is 9.80 Å². The summed E-state index contributed by atoms with van der Waals surface area (Å²) in [6, 6.07) is 21.3. The third-order valence-electron chi connectivity index (χ3n) is 5.92. The van der Waals surface area contributed by atoms with E-state index in [9.17, 15) is 4.79 Å². The summed E-state index contributed by atoms with van der Waals surface area (Å²) in [5, 5.41) is 3.35. The Bertz CT molecular complexity index is 728. The maximum atomic E-state index is 13.5. The second-order valence-corrected chi connectivity index (χ2v) is 7.47. The van der Waals surface area contributed by atoms with Gasteiger partial charge in [0.1, 0.15) is 12.2 Å². The van der Waals surface area contributed by atoms with Gasteiger partial charge in [-0.05, 0) is 12.1 Å². The van der Waals surface area contributed by atoms with E-state index >= 15 is 0 Å². The number of hydrogen-bond donors (Lipinski definition) is 1. The number of nitrogens with zero attached hydrogens (tertiary/aromatic N) is 2. The van der Waals surface area contributed by atoms with Gasteiger partial charge in [0.25, 0.3) is 5.91 Å². The molecule has 2 aliphatic rings. The summed E-state index contributed by atoms with van der Waals surface area (Å²) in [5.41, 5.74) is 2.57. The lowest BCUT2D eigenvalue weighted by molar-refractivity contribution is -0.136. The molecular weight excluding hydrogens is 322 g/mol. The average molecular weight is 350 g/mol. The molecule has 2 unspecified atom stereocenters. The largest absolute Gasteiger partial charge is 0.335 e. The maximum absolute atomic E-state index is 13.5. The highest BCUT2D eigenvalue weighted by Gasteiger charge is 2.49. The Morgan fingerprint density at radius 2 is 1.65 bits per heavy atom. The average Bonchev–Trinajstić information content (AvgIpc) is 3.14. The fourth-order valence-electron chi connectivity index (χ4n) is 4.62. The monoisotopic (exact) mass is 350 g/mol. The van der Waals surface area contributed by atoms with Crippen molar-refractivity contribution in [3.8, 4) is 0 Å². The highest BCUT2D eigenvalue weighted by Crippen LogP contribution is 2.37. The molecule has 2 fully saturated rings. The van der Waals surface area contributed by atoms with Crippen LogP contribution in [0.4, 0.5) is 5.69 Å². The first-order valence-corrected chi connectivity index (χ1v) is 9.75. The lowest BCUT2D eigenvalue weighted by atomic mass is 10.1. The van der Waals surface area contributed by atoms with Gasteiger partial charge in [-0.1, -0.05) is 48.5 Å². The molecular formula is C22H28N3O+. The molecule has 0 spiro atoms. The summed E-state index contributed by atoms with van der Waals surface area (Å²) in [4.78, 5) is 15.5. The van der Waals surface area contributed by atoms with Gasteiger partial charge in [0.15, 0.2) is 6.04 Å². The number of quaternary nitrogens is 1. The molecule has 2 aromatic carbocycles. The Kier molecular flexibility index (Phi) is 5.05. The van der Waals surface area contributed by atoms with Crippen LogP contribution in [-0.2, 0) is 11.3 Å². The smallest absolute Gasteiger partial charge is 0.281 e. The zero-order valence-electron chi connectivity index (χ0n) is 15.3. The molecule has 4 heteroatoms. The number of rotatable bonds is 4. The molecule has 2 heterocycles. The Morgan fingerprint density at radius 3 is 2.35 bits per heavy atom. The van der Waals surface area contributed by atoms with Crippen molar-refractivity contribution in [2.45, 2.75) is 25.4 Å². The first kappa shape index (κ1) is 17.3. The van der Waals surface area contributed by atoms with E-state index in [0.29, 0.717) is 5.91 Å². The predicted octanol–water partition coefficient (Wildman–Crippen LogP) is 2.79. The summed E-state index contributed by atoms with van der Waals surface area (Å²) in [7, 11) is 0. The zero-order valence-corrected chi connectivity index (χ0v) is 15.3. The number of carbonyl (C=O) groups excluding carboxylic acids is 1. The van der Waals surface area contributed by atoms with E-state index < -0.39 is 0 Å². The quantitative estimate of drug-likeness (QED) is 0.860. The van der Waals surface area contributed by atoms with Gasteiger partial charge >= 0.3 is 0 Å². The molecule has 2 aromatic rings. The summed E-state index contributed by atoms with van der Waals surface area (Å²) in [5.74, 6) is 0.337. The Hall–Kier alpha value is -2.17. The minimum Gasteiger partial charge on any atom is -0.335 e. The van der Waals surface area contributed by atoms with Gasteiger partial charge in [-0.2, -0.15) is 0 Å². The Balaban J connectivity index is 1.70. The molecule has 2 saturated heterocycles. The number of benzene rings is 2. The van der Waals surface area contributed by atoms with Crippen molar-refractivity contribution in [1.82, 2.24) is 14.7 Å². The highest BCUT2D eigenvalue weighted by molar-refractivity contribution is 5.85. The molecule has 2 aliphatic heterocycles. The SMILES string of the molecule is O=C(C1CCC[N+]1(Cc1ccccc1)c1ccccc1)N1CCNCC1. The van der Waals surface area contributed by atoms with Crippen molar-refractivity contribution in [3.05, 3.63) is 66.2 Å². The van der Waals surface area contributed by atoms with Gasteiger partial charge in [0.05, 0.1) is 6.54 Å². The van der Waals surface area contributed by atoms with Crippen LogP contribution in [0, 0.1) is 0 Å². The molecule has 4 nitrogen and oxygen atoms in total. The minimum atomic E-state index is 0.0238.